The first kappa shape index (κ1) is 20.3. The van der Waals surface area contributed by atoms with Gasteiger partial charge in [0.25, 0.3) is 11.7 Å². The minimum atomic E-state index is 0.0833. The number of nitrogens with one attached hydrogen (secondary N) is 2. The van der Waals surface area contributed by atoms with Crippen LogP contribution in [0.3, 0.4) is 0 Å². The van der Waals surface area contributed by atoms with Gasteiger partial charge in [0, 0.05) is 24.2 Å². The first-order chi connectivity index (χ1) is 15.7. The van der Waals surface area contributed by atoms with Crippen molar-refractivity contribution in [1.82, 2.24) is 15.2 Å². The second-order valence-corrected chi connectivity index (χ2v) is 8.07. The van der Waals surface area contributed by atoms with Gasteiger partial charge in [0.2, 0.25) is 0 Å². The van der Waals surface area contributed by atoms with E-state index >= 15 is 0 Å². The lowest BCUT2D eigenvalue weighted by atomic mass is 10.1. The van der Waals surface area contributed by atoms with E-state index < -0.39 is 0 Å². The van der Waals surface area contributed by atoms with Crippen LogP contribution in [-0.4, -0.2) is 53.5 Å². The molecule has 0 bridgehead atoms. The Morgan fingerprint density at radius 1 is 1.06 bits per heavy atom. The van der Waals surface area contributed by atoms with Crippen LogP contribution in [-0.2, 0) is 0 Å². The van der Waals surface area contributed by atoms with Crippen molar-refractivity contribution in [2.75, 3.05) is 31.9 Å². The van der Waals surface area contributed by atoms with Gasteiger partial charge >= 0.3 is 0 Å². The number of hydrogen-bond donors (Lipinski definition) is 2. The Labute approximate surface area is 186 Å². The highest BCUT2D eigenvalue weighted by Crippen LogP contribution is 2.23. The van der Waals surface area contributed by atoms with Gasteiger partial charge in [-0.1, -0.05) is 18.2 Å². The number of hydrogen-bond acceptors (Lipinski definition) is 6. The van der Waals surface area contributed by atoms with E-state index in [1.165, 1.54) is 0 Å². The lowest BCUT2D eigenvalue weighted by Crippen LogP contribution is -2.33. The maximum atomic E-state index is 13.0. The van der Waals surface area contributed by atoms with Crippen LogP contribution < -0.4 is 16.0 Å². The number of allylic oxidation sites excluding steroid dienone is 3. The standard InChI is InChI=1S/C24H25N7O/c25-22-21(23-29-18-5-3-6-19(18)30-23)28-20(15-27-22)16-7-9-17(10-8-16)24(32)31-13-2-1-11-26-12-4-14-31/h3,5-10,15,26H,1-2,4,11-14H2,(H2,25,27)/p+1. The second-order valence-electron chi connectivity index (χ2n) is 8.07. The van der Waals surface area contributed by atoms with Crippen molar-refractivity contribution in [3.8, 4) is 11.3 Å². The highest BCUT2D eigenvalue weighted by atomic mass is 16.2. The summed E-state index contributed by atoms with van der Waals surface area (Å²) < 4.78 is 0. The van der Waals surface area contributed by atoms with Crippen LogP contribution in [0.1, 0.15) is 35.3 Å². The zero-order valence-electron chi connectivity index (χ0n) is 17.8. The number of aromatic amines is 1. The zero-order valence-corrected chi connectivity index (χ0v) is 17.8. The predicted molar refractivity (Wildman–Crippen MR) is 124 cm³/mol. The Morgan fingerprint density at radius 3 is 2.72 bits per heavy atom. The molecule has 1 aliphatic carbocycles. The van der Waals surface area contributed by atoms with Gasteiger partial charge in [0.15, 0.2) is 11.5 Å². The molecule has 0 unspecified atom stereocenters. The van der Waals surface area contributed by atoms with Crippen molar-refractivity contribution in [2.24, 2.45) is 9.98 Å². The SMILES string of the molecule is Nc1[nH+]cc(-c2ccc(C(=O)N3CCCCNCCC3)cc2)nc1C1=NC2=CC=CC2=N1. The smallest absolute Gasteiger partial charge is 0.300 e. The lowest BCUT2D eigenvalue weighted by molar-refractivity contribution is -0.360. The van der Waals surface area contributed by atoms with Gasteiger partial charge in [0.05, 0.1) is 11.4 Å². The molecule has 3 aliphatic rings. The molecule has 162 valence electrons. The molecule has 8 nitrogen and oxygen atoms in total. The highest BCUT2D eigenvalue weighted by Gasteiger charge is 2.24. The highest BCUT2D eigenvalue weighted by molar-refractivity contribution is 6.23. The summed E-state index contributed by atoms with van der Waals surface area (Å²) in [5.41, 5.74) is 10.6. The van der Waals surface area contributed by atoms with Gasteiger partial charge in [-0.05, 0) is 56.6 Å². The second kappa shape index (κ2) is 8.84. The molecular weight excluding hydrogens is 402 g/mol. The summed E-state index contributed by atoms with van der Waals surface area (Å²) in [5.74, 6) is 0.996. The van der Waals surface area contributed by atoms with Crippen LogP contribution in [0.15, 0.2) is 64.4 Å². The number of aromatic nitrogens is 2. The van der Waals surface area contributed by atoms with Crippen LogP contribution in [0, 0.1) is 0 Å². The Morgan fingerprint density at radius 2 is 1.88 bits per heavy atom. The van der Waals surface area contributed by atoms with Crippen molar-refractivity contribution < 1.29 is 9.78 Å². The lowest BCUT2D eigenvalue weighted by Gasteiger charge is -2.22. The Bertz CT molecular complexity index is 1150. The number of amidine groups is 1. The molecule has 1 aromatic carbocycles. The number of nitrogens with zero attached hydrogens (tertiary/aromatic N) is 4. The minimum absolute atomic E-state index is 0.0833. The molecule has 0 atom stereocenters. The summed E-state index contributed by atoms with van der Waals surface area (Å²) >= 11 is 0. The molecular formula is C24H26N7O+. The van der Waals surface area contributed by atoms with Crippen molar-refractivity contribution in [3.05, 3.63) is 65.6 Å². The molecule has 1 amide bonds. The molecule has 4 N–H and O–H groups in total. The van der Waals surface area contributed by atoms with Gasteiger partial charge in [-0.15, -0.1) is 0 Å². The molecule has 2 aromatic rings. The van der Waals surface area contributed by atoms with E-state index in [0.29, 0.717) is 28.6 Å². The van der Waals surface area contributed by atoms with Crippen molar-refractivity contribution in [3.63, 3.8) is 0 Å². The molecule has 0 spiro atoms. The molecule has 8 heteroatoms. The monoisotopic (exact) mass is 428 g/mol. The van der Waals surface area contributed by atoms with Crippen molar-refractivity contribution in [1.29, 1.82) is 0 Å². The van der Waals surface area contributed by atoms with E-state index in [2.05, 4.69) is 20.3 Å². The van der Waals surface area contributed by atoms with Gasteiger partial charge < -0.3 is 10.2 Å². The summed E-state index contributed by atoms with van der Waals surface area (Å²) in [6.45, 7) is 3.56. The average molecular weight is 429 g/mol. The normalized spacial score (nSPS) is 18.2. The molecule has 5 rings (SSSR count). The number of anilines is 1. The van der Waals surface area contributed by atoms with Gasteiger partial charge in [-0.25, -0.2) is 20.0 Å². The number of benzene rings is 1. The Hall–Kier alpha value is -3.65. The molecule has 2 aliphatic heterocycles. The molecule has 1 aromatic heterocycles. The Balaban J connectivity index is 1.36. The first-order valence-corrected chi connectivity index (χ1v) is 11.0. The predicted octanol–water partition coefficient (Wildman–Crippen LogP) is 2.02. The van der Waals surface area contributed by atoms with Crippen molar-refractivity contribution in [2.45, 2.75) is 19.3 Å². The number of H-pyrrole nitrogens is 1. The third-order valence-corrected chi connectivity index (χ3v) is 5.81. The molecule has 3 heterocycles. The number of nitrogen functional groups attached to an aromatic ring is 1. The number of fused-ring (bicyclic) bond motifs is 1. The van der Waals surface area contributed by atoms with E-state index in [0.717, 1.165) is 62.4 Å². The molecule has 0 radical (unpaired) electrons. The first-order valence-electron chi connectivity index (χ1n) is 11.0. The van der Waals surface area contributed by atoms with Gasteiger partial charge in [-0.3, -0.25) is 10.5 Å². The fourth-order valence-electron chi connectivity index (χ4n) is 4.05. The van der Waals surface area contributed by atoms with Crippen LogP contribution in [0.2, 0.25) is 0 Å². The fourth-order valence-corrected chi connectivity index (χ4v) is 4.05. The summed E-state index contributed by atoms with van der Waals surface area (Å²) in [5, 5.41) is 3.41. The third kappa shape index (κ3) is 4.09. The average Bonchev–Trinajstić information content (AvgIpc) is 3.44. The number of rotatable bonds is 3. The topological polar surface area (TPSA) is 110 Å². The van der Waals surface area contributed by atoms with Crippen LogP contribution in [0.25, 0.3) is 11.3 Å². The summed E-state index contributed by atoms with van der Waals surface area (Å²) in [4.78, 5) is 31.8. The largest absolute Gasteiger partial charge is 0.339 e. The van der Waals surface area contributed by atoms with Crippen LogP contribution >= 0.6 is 0 Å². The van der Waals surface area contributed by atoms with E-state index in [1.807, 2.05) is 47.4 Å². The van der Waals surface area contributed by atoms with E-state index in [-0.39, 0.29) is 5.91 Å². The quantitative estimate of drug-likeness (QED) is 0.779. The summed E-state index contributed by atoms with van der Waals surface area (Å²) in [6.07, 6.45) is 10.6. The molecule has 32 heavy (non-hydrogen) atoms. The minimum Gasteiger partial charge on any atom is -0.339 e. The number of carbonyl (C=O) groups excluding carboxylic acids is 1. The van der Waals surface area contributed by atoms with Crippen molar-refractivity contribution >= 4 is 23.3 Å². The zero-order chi connectivity index (χ0) is 21.9. The van der Waals surface area contributed by atoms with E-state index in [1.54, 1.807) is 6.20 Å². The summed E-state index contributed by atoms with van der Waals surface area (Å²) in [7, 11) is 0. The maximum absolute atomic E-state index is 13.0. The Kier molecular flexibility index (Phi) is 5.60. The van der Waals surface area contributed by atoms with Crippen LogP contribution in [0.5, 0.6) is 0 Å². The fraction of sp³-hybridized carbons (Fsp3) is 0.292. The molecule has 1 fully saturated rings. The number of nitrogens with two attached hydrogens (primary N) is 1. The van der Waals surface area contributed by atoms with Gasteiger partial charge in [-0.2, -0.15) is 0 Å². The number of aliphatic imine (C=N–C) groups is 2. The number of amides is 1. The van der Waals surface area contributed by atoms with E-state index in [4.69, 9.17) is 10.7 Å². The van der Waals surface area contributed by atoms with E-state index in [9.17, 15) is 4.79 Å². The van der Waals surface area contributed by atoms with Crippen LogP contribution in [0.4, 0.5) is 5.82 Å². The molecule has 1 saturated heterocycles. The maximum Gasteiger partial charge on any atom is 0.300 e. The summed E-state index contributed by atoms with van der Waals surface area (Å²) in [6, 6.07) is 7.58. The van der Waals surface area contributed by atoms with Gasteiger partial charge in [0.1, 0.15) is 11.9 Å². The molecule has 0 saturated carbocycles. The third-order valence-electron chi connectivity index (χ3n) is 5.81. The number of carbonyl (C=O) groups is 1.